The number of halogens is 2. The summed E-state index contributed by atoms with van der Waals surface area (Å²) < 4.78 is 40.6. The Hall–Kier alpha value is -2.12. The topological polar surface area (TPSA) is 61.8 Å². The van der Waals surface area contributed by atoms with Crippen molar-refractivity contribution in [2.24, 2.45) is 4.99 Å². The van der Waals surface area contributed by atoms with E-state index in [0.717, 1.165) is 0 Å². The standard InChI is InChI=1S/C14H11ClFN3O2S/c1-17-14-18-22(20,21)12-8-3-2-6-10(12)19(14)11-7-4-5-9(16)13(11)15/h2-8H,1H3,(H,17,18). The van der Waals surface area contributed by atoms with Crippen molar-refractivity contribution in [3.63, 3.8) is 0 Å². The predicted octanol–water partition coefficient (Wildman–Crippen LogP) is 2.89. The number of sulfonamides is 1. The van der Waals surface area contributed by atoms with E-state index in [-0.39, 0.29) is 15.9 Å². The average molecular weight is 340 g/mol. The van der Waals surface area contributed by atoms with Gasteiger partial charge in [-0.15, -0.1) is 0 Å². The third-order valence-electron chi connectivity index (χ3n) is 3.22. The van der Waals surface area contributed by atoms with Gasteiger partial charge in [-0.25, -0.2) is 17.5 Å². The van der Waals surface area contributed by atoms with Crippen LogP contribution in [-0.4, -0.2) is 21.4 Å². The maximum atomic E-state index is 13.8. The van der Waals surface area contributed by atoms with E-state index < -0.39 is 15.8 Å². The molecule has 1 aliphatic heterocycles. The monoisotopic (exact) mass is 339 g/mol. The van der Waals surface area contributed by atoms with Crippen molar-refractivity contribution in [1.29, 1.82) is 0 Å². The number of fused-ring (bicyclic) bond motifs is 1. The molecular weight excluding hydrogens is 329 g/mol. The number of aliphatic imine (C=N–C) groups is 1. The van der Waals surface area contributed by atoms with Crippen molar-refractivity contribution in [2.45, 2.75) is 4.90 Å². The smallest absolute Gasteiger partial charge is 0.266 e. The summed E-state index contributed by atoms with van der Waals surface area (Å²) in [5, 5.41) is -0.112. The van der Waals surface area contributed by atoms with Crippen LogP contribution in [0.2, 0.25) is 5.02 Å². The third-order valence-corrected chi connectivity index (χ3v) is 4.97. The Morgan fingerprint density at radius 1 is 1.14 bits per heavy atom. The van der Waals surface area contributed by atoms with Crippen molar-refractivity contribution in [3.05, 3.63) is 53.3 Å². The van der Waals surface area contributed by atoms with Gasteiger partial charge in [-0.2, -0.15) is 0 Å². The van der Waals surface area contributed by atoms with Crippen LogP contribution in [0, 0.1) is 5.82 Å². The minimum absolute atomic E-state index is 0.0474. The van der Waals surface area contributed by atoms with Crippen LogP contribution in [0.25, 0.3) is 0 Å². The second-order valence-corrected chi connectivity index (χ2v) is 6.56. The molecule has 5 nitrogen and oxygen atoms in total. The zero-order valence-electron chi connectivity index (χ0n) is 11.4. The molecule has 2 aromatic carbocycles. The molecular formula is C14H11ClFN3O2S. The minimum atomic E-state index is -3.73. The molecule has 0 atom stereocenters. The molecule has 0 aliphatic carbocycles. The van der Waals surface area contributed by atoms with Crippen LogP contribution in [0.5, 0.6) is 0 Å². The Labute approximate surface area is 132 Å². The fraction of sp³-hybridized carbons (Fsp3) is 0.0714. The molecule has 0 saturated carbocycles. The SMILES string of the molecule is CN=C1NS(=O)(=O)c2ccccc2N1c1cccc(F)c1Cl. The Morgan fingerprint density at radius 3 is 2.55 bits per heavy atom. The third kappa shape index (κ3) is 2.22. The van der Waals surface area contributed by atoms with Crippen LogP contribution in [0.15, 0.2) is 52.4 Å². The predicted molar refractivity (Wildman–Crippen MR) is 83.7 cm³/mol. The first-order chi connectivity index (χ1) is 10.5. The number of hydrogen-bond acceptors (Lipinski definition) is 3. The lowest BCUT2D eigenvalue weighted by atomic mass is 10.2. The Morgan fingerprint density at radius 2 is 1.82 bits per heavy atom. The number of anilines is 2. The van der Waals surface area contributed by atoms with Gasteiger partial charge < -0.3 is 0 Å². The summed E-state index contributed by atoms with van der Waals surface area (Å²) in [5.74, 6) is -0.549. The molecule has 114 valence electrons. The van der Waals surface area contributed by atoms with Gasteiger partial charge in [0.15, 0.2) is 0 Å². The van der Waals surface area contributed by atoms with Gasteiger partial charge in [0.2, 0.25) is 5.96 Å². The van der Waals surface area contributed by atoms with Crippen molar-refractivity contribution >= 4 is 39.0 Å². The van der Waals surface area contributed by atoms with Crippen LogP contribution >= 0.6 is 11.6 Å². The summed E-state index contributed by atoms with van der Waals surface area (Å²) in [6.45, 7) is 0. The maximum Gasteiger partial charge on any atom is 0.266 e. The Balaban J connectivity index is 2.32. The average Bonchev–Trinajstić information content (AvgIpc) is 2.50. The molecule has 1 N–H and O–H groups in total. The van der Waals surface area contributed by atoms with Gasteiger partial charge in [-0.05, 0) is 24.3 Å². The van der Waals surface area contributed by atoms with E-state index in [0.29, 0.717) is 11.4 Å². The lowest BCUT2D eigenvalue weighted by Crippen LogP contribution is -2.46. The first-order valence-corrected chi connectivity index (χ1v) is 8.14. The second-order valence-electron chi connectivity index (χ2n) is 4.53. The molecule has 8 heteroatoms. The lowest BCUT2D eigenvalue weighted by molar-refractivity contribution is 0.591. The van der Waals surface area contributed by atoms with Crippen LogP contribution in [-0.2, 0) is 10.0 Å². The molecule has 0 aromatic heterocycles. The number of para-hydroxylation sites is 1. The number of rotatable bonds is 1. The highest BCUT2D eigenvalue weighted by Gasteiger charge is 2.34. The van der Waals surface area contributed by atoms with Gasteiger partial charge >= 0.3 is 0 Å². The van der Waals surface area contributed by atoms with Crippen LogP contribution in [0.3, 0.4) is 0 Å². The zero-order valence-corrected chi connectivity index (χ0v) is 13.0. The van der Waals surface area contributed by atoms with E-state index in [4.69, 9.17) is 11.6 Å². The molecule has 3 rings (SSSR count). The fourth-order valence-corrected chi connectivity index (χ4v) is 3.69. The molecule has 2 aromatic rings. The van der Waals surface area contributed by atoms with E-state index >= 15 is 0 Å². The molecule has 0 bridgehead atoms. The van der Waals surface area contributed by atoms with Gasteiger partial charge in [0.1, 0.15) is 15.7 Å². The Bertz CT molecular complexity index is 883. The summed E-state index contributed by atoms with van der Waals surface area (Å²) in [4.78, 5) is 5.49. The van der Waals surface area contributed by atoms with Gasteiger partial charge in [0, 0.05) is 7.05 Å². The van der Waals surface area contributed by atoms with E-state index in [1.807, 2.05) is 0 Å². The summed E-state index contributed by atoms with van der Waals surface area (Å²) in [6, 6.07) is 10.7. The van der Waals surface area contributed by atoms with E-state index in [1.54, 1.807) is 24.3 Å². The van der Waals surface area contributed by atoms with Crippen molar-refractivity contribution in [2.75, 3.05) is 11.9 Å². The van der Waals surface area contributed by atoms with E-state index in [1.165, 1.54) is 30.1 Å². The van der Waals surface area contributed by atoms with Gasteiger partial charge in [-0.3, -0.25) is 9.89 Å². The highest BCUT2D eigenvalue weighted by atomic mass is 35.5. The first kappa shape index (κ1) is 14.8. The van der Waals surface area contributed by atoms with E-state index in [2.05, 4.69) is 9.71 Å². The Kier molecular flexibility index (Phi) is 3.54. The largest absolute Gasteiger partial charge is 0.278 e. The van der Waals surface area contributed by atoms with E-state index in [9.17, 15) is 12.8 Å². The molecule has 0 spiro atoms. The van der Waals surface area contributed by atoms with Crippen molar-refractivity contribution < 1.29 is 12.8 Å². The molecule has 22 heavy (non-hydrogen) atoms. The lowest BCUT2D eigenvalue weighted by Gasteiger charge is -2.32. The zero-order chi connectivity index (χ0) is 15.9. The van der Waals surface area contributed by atoms with Gasteiger partial charge in [-0.1, -0.05) is 29.8 Å². The molecule has 0 unspecified atom stereocenters. The number of hydrogen-bond donors (Lipinski definition) is 1. The highest BCUT2D eigenvalue weighted by molar-refractivity contribution is 7.90. The maximum absolute atomic E-state index is 13.8. The normalized spacial score (nSPS) is 18.0. The molecule has 1 aliphatic rings. The fourth-order valence-electron chi connectivity index (χ4n) is 2.26. The van der Waals surface area contributed by atoms with Crippen LogP contribution in [0.1, 0.15) is 0 Å². The summed E-state index contributed by atoms with van der Waals surface area (Å²) in [7, 11) is -2.29. The number of benzene rings is 2. The molecule has 0 amide bonds. The first-order valence-electron chi connectivity index (χ1n) is 6.28. The highest BCUT2D eigenvalue weighted by Crippen LogP contribution is 2.38. The van der Waals surface area contributed by atoms with Crippen molar-refractivity contribution in [1.82, 2.24) is 4.72 Å². The molecule has 1 heterocycles. The summed E-state index contributed by atoms with van der Waals surface area (Å²) in [5.41, 5.74) is 0.659. The van der Waals surface area contributed by atoms with Crippen LogP contribution < -0.4 is 9.62 Å². The van der Waals surface area contributed by atoms with Crippen LogP contribution in [0.4, 0.5) is 15.8 Å². The van der Waals surface area contributed by atoms with Gasteiger partial charge in [0.05, 0.1) is 11.4 Å². The summed E-state index contributed by atoms with van der Waals surface area (Å²) >= 11 is 6.04. The number of nitrogens with zero attached hydrogens (tertiary/aromatic N) is 2. The van der Waals surface area contributed by atoms with Gasteiger partial charge in [0.25, 0.3) is 10.0 Å². The number of guanidine groups is 1. The number of nitrogens with one attached hydrogen (secondary N) is 1. The molecule has 0 fully saturated rings. The second kappa shape index (κ2) is 5.26. The van der Waals surface area contributed by atoms with Crippen molar-refractivity contribution in [3.8, 4) is 0 Å². The minimum Gasteiger partial charge on any atom is -0.278 e. The molecule has 0 radical (unpaired) electrons. The summed E-state index contributed by atoms with van der Waals surface area (Å²) in [6.07, 6.45) is 0. The molecule has 0 saturated heterocycles. The quantitative estimate of drug-likeness (QED) is 0.869.